The Morgan fingerprint density at radius 1 is 1.11 bits per heavy atom. The van der Waals surface area contributed by atoms with Crippen molar-refractivity contribution in [1.29, 1.82) is 0 Å². The van der Waals surface area contributed by atoms with E-state index in [0.717, 1.165) is 6.42 Å². The Balaban J connectivity index is 2.20. The van der Waals surface area contributed by atoms with Crippen molar-refractivity contribution in [3.63, 3.8) is 0 Å². The summed E-state index contributed by atoms with van der Waals surface area (Å²) in [5.74, 6) is -0.582. The molecule has 1 aromatic carbocycles. The number of benzene rings is 1. The zero-order chi connectivity index (χ0) is 13.4. The number of aromatic nitrogens is 2. The highest BCUT2D eigenvalue weighted by Gasteiger charge is 2.22. The van der Waals surface area contributed by atoms with Gasteiger partial charge in [0.15, 0.2) is 0 Å². The van der Waals surface area contributed by atoms with Crippen molar-refractivity contribution in [2.24, 2.45) is 0 Å². The van der Waals surface area contributed by atoms with Gasteiger partial charge in [-0.1, -0.05) is 18.2 Å². The van der Waals surface area contributed by atoms with E-state index in [-0.39, 0.29) is 0 Å². The predicted octanol–water partition coefficient (Wildman–Crippen LogP) is 0.714. The Labute approximate surface area is 108 Å². The summed E-state index contributed by atoms with van der Waals surface area (Å²) >= 11 is 0. The predicted molar refractivity (Wildman–Crippen MR) is 69.5 cm³/mol. The molecule has 0 radical (unpaired) electrons. The fraction of sp³-hybridized carbons (Fsp3) is 0.214. The van der Waals surface area contributed by atoms with Crippen molar-refractivity contribution in [2.45, 2.75) is 19.3 Å². The molecule has 0 bridgehead atoms. The van der Waals surface area contributed by atoms with E-state index in [1.165, 1.54) is 0 Å². The van der Waals surface area contributed by atoms with Gasteiger partial charge in [-0.3, -0.25) is 9.59 Å². The molecule has 3 rings (SSSR count). The number of hydrogen-bond donors (Lipinski definition) is 1. The Morgan fingerprint density at radius 3 is 2.58 bits per heavy atom. The maximum absolute atomic E-state index is 12.2. The molecule has 0 unspecified atom stereocenters. The SMILES string of the molecule is O=C(c1ccccc1)n1c(=O)[nH]c2c(c1=O)CCC2. The third-order valence-electron chi connectivity index (χ3n) is 3.36. The molecule has 0 saturated heterocycles. The van der Waals surface area contributed by atoms with Gasteiger partial charge in [0.25, 0.3) is 11.5 Å². The van der Waals surface area contributed by atoms with Crippen LogP contribution in [-0.4, -0.2) is 15.5 Å². The third-order valence-corrected chi connectivity index (χ3v) is 3.36. The molecular formula is C14H12N2O3. The maximum Gasteiger partial charge on any atom is 0.335 e. The first-order valence-electron chi connectivity index (χ1n) is 6.15. The van der Waals surface area contributed by atoms with Gasteiger partial charge in [-0.2, -0.15) is 4.57 Å². The van der Waals surface area contributed by atoms with Crippen LogP contribution in [0, 0.1) is 0 Å². The van der Waals surface area contributed by atoms with Crippen molar-refractivity contribution in [3.8, 4) is 0 Å². The fourth-order valence-corrected chi connectivity index (χ4v) is 2.42. The number of nitrogens with zero attached hydrogens (tertiary/aromatic N) is 1. The molecule has 1 N–H and O–H groups in total. The highest BCUT2D eigenvalue weighted by molar-refractivity contribution is 5.95. The lowest BCUT2D eigenvalue weighted by molar-refractivity contribution is 0.0950. The molecule has 1 aliphatic rings. The topological polar surface area (TPSA) is 71.9 Å². The van der Waals surface area contributed by atoms with Crippen LogP contribution in [0.1, 0.15) is 28.0 Å². The van der Waals surface area contributed by atoms with E-state index in [0.29, 0.717) is 34.2 Å². The van der Waals surface area contributed by atoms with E-state index < -0.39 is 17.2 Å². The first-order valence-corrected chi connectivity index (χ1v) is 6.15. The number of nitrogens with one attached hydrogen (secondary N) is 1. The molecule has 0 spiro atoms. The summed E-state index contributed by atoms with van der Waals surface area (Å²) in [6, 6.07) is 8.33. The summed E-state index contributed by atoms with van der Waals surface area (Å²) in [7, 11) is 0. The number of aryl methyl sites for hydroxylation is 1. The molecule has 1 aromatic heterocycles. The summed E-state index contributed by atoms with van der Waals surface area (Å²) in [5, 5.41) is 0. The Bertz CT molecular complexity index is 756. The van der Waals surface area contributed by atoms with Crippen LogP contribution in [0.25, 0.3) is 0 Å². The number of carbonyl (C=O) groups is 1. The standard InChI is InChI=1S/C14H12N2O3/c17-12(9-5-2-1-3-6-9)16-13(18)10-7-4-8-11(10)15-14(16)19/h1-3,5-6H,4,7-8H2,(H,15,19). The zero-order valence-electron chi connectivity index (χ0n) is 10.2. The summed E-state index contributed by atoms with van der Waals surface area (Å²) < 4.78 is 0.694. The van der Waals surface area contributed by atoms with Crippen molar-refractivity contribution in [1.82, 2.24) is 9.55 Å². The minimum absolute atomic E-state index is 0.327. The second-order valence-corrected chi connectivity index (χ2v) is 4.55. The number of aromatic amines is 1. The van der Waals surface area contributed by atoms with Crippen molar-refractivity contribution in [2.75, 3.05) is 0 Å². The van der Waals surface area contributed by atoms with Crippen LogP contribution < -0.4 is 11.2 Å². The lowest BCUT2D eigenvalue weighted by Gasteiger charge is -2.05. The molecule has 1 aliphatic carbocycles. The molecule has 0 fully saturated rings. The highest BCUT2D eigenvalue weighted by atomic mass is 16.2. The quantitative estimate of drug-likeness (QED) is 0.817. The fourth-order valence-electron chi connectivity index (χ4n) is 2.42. The van der Waals surface area contributed by atoms with Gasteiger partial charge in [-0.25, -0.2) is 4.79 Å². The van der Waals surface area contributed by atoms with Gasteiger partial charge >= 0.3 is 5.69 Å². The summed E-state index contributed by atoms with van der Waals surface area (Å²) in [4.78, 5) is 39.0. The molecular weight excluding hydrogens is 244 g/mol. The van der Waals surface area contributed by atoms with Crippen LogP contribution in [0.2, 0.25) is 0 Å². The van der Waals surface area contributed by atoms with Crippen LogP contribution in [-0.2, 0) is 12.8 Å². The average Bonchev–Trinajstić information content (AvgIpc) is 2.88. The summed E-state index contributed by atoms with van der Waals surface area (Å²) in [5.41, 5.74) is 0.425. The molecule has 0 atom stereocenters. The zero-order valence-corrected chi connectivity index (χ0v) is 10.2. The molecule has 0 saturated carbocycles. The van der Waals surface area contributed by atoms with Crippen LogP contribution in [0.3, 0.4) is 0 Å². The molecule has 19 heavy (non-hydrogen) atoms. The molecule has 0 amide bonds. The second-order valence-electron chi connectivity index (χ2n) is 4.55. The van der Waals surface area contributed by atoms with Crippen molar-refractivity contribution < 1.29 is 4.79 Å². The molecule has 96 valence electrons. The van der Waals surface area contributed by atoms with Crippen LogP contribution in [0.15, 0.2) is 39.9 Å². The Kier molecular flexibility index (Phi) is 2.67. The van der Waals surface area contributed by atoms with Gasteiger partial charge in [0.2, 0.25) is 0 Å². The first-order chi connectivity index (χ1) is 9.18. The van der Waals surface area contributed by atoms with E-state index in [1.807, 2.05) is 0 Å². The number of H-pyrrole nitrogens is 1. The third kappa shape index (κ3) is 1.83. The molecule has 2 aromatic rings. The van der Waals surface area contributed by atoms with Crippen molar-refractivity contribution in [3.05, 3.63) is 68.0 Å². The van der Waals surface area contributed by atoms with Crippen LogP contribution in [0.4, 0.5) is 0 Å². The maximum atomic E-state index is 12.2. The van der Waals surface area contributed by atoms with Gasteiger partial charge in [0.1, 0.15) is 0 Å². The lowest BCUT2D eigenvalue weighted by atomic mass is 10.2. The van der Waals surface area contributed by atoms with Gasteiger partial charge in [0.05, 0.1) is 0 Å². The van der Waals surface area contributed by atoms with Crippen molar-refractivity contribution >= 4 is 5.91 Å². The van der Waals surface area contributed by atoms with E-state index in [1.54, 1.807) is 30.3 Å². The molecule has 1 heterocycles. The van der Waals surface area contributed by atoms with Gasteiger partial charge < -0.3 is 4.98 Å². The second kappa shape index (κ2) is 4.35. The number of rotatable bonds is 1. The van der Waals surface area contributed by atoms with Gasteiger partial charge in [0, 0.05) is 16.8 Å². The van der Waals surface area contributed by atoms with Crippen LogP contribution in [0.5, 0.6) is 0 Å². The van der Waals surface area contributed by atoms with Crippen LogP contribution >= 0.6 is 0 Å². The lowest BCUT2D eigenvalue weighted by Crippen LogP contribution is -2.42. The Morgan fingerprint density at radius 2 is 1.84 bits per heavy atom. The smallest absolute Gasteiger partial charge is 0.310 e. The average molecular weight is 256 g/mol. The van der Waals surface area contributed by atoms with E-state index in [2.05, 4.69) is 4.98 Å². The normalized spacial score (nSPS) is 13.3. The van der Waals surface area contributed by atoms with E-state index >= 15 is 0 Å². The summed E-state index contributed by atoms with van der Waals surface area (Å²) in [6.45, 7) is 0. The number of hydrogen-bond acceptors (Lipinski definition) is 3. The number of carbonyl (C=O) groups excluding carboxylic acids is 1. The molecule has 0 aliphatic heterocycles. The van der Waals surface area contributed by atoms with Gasteiger partial charge in [-0.05, 0) is 31.4 Å². The van der Waals surface area contributed by atoms with Gasteiger partial charge in [-0.15, -0.1) is 0 Å². The minimum Gasteiger partial charge on any atom is -0.310 e. The largest absolute Gasteiger partial charge is 0.335 e. The molecule has 5 nitrogen and oxygen atoms in total. The van der Waals surface area contributed by atoms with E-state index in [4.69, 9.17) is 0 Å². The molecule has 5 heteroatoms. The van der Waals surface area contributed by atoms with E-state index in [9.17, 15) is 14.4 Å². The highest BCUT2D eigenvalue weighted by Crippen LogP contribution is 2.14. The first kappa shape index (κ1) is 11.6. The number of fused-ring (bicyclic) bond motifs is 1. The Hall–Kier alpha value is -2.43. The monoisotopic (exact) mass is 256 g/mol. The minimum atomic E-state index is -0.653. The summed E-state index contributed by atoms with van der Waals surface area (Å²) in [6.07, 6.45) is 2.15.